The van der Waals surface area contributed by atoms with Gasteiger partial charge in [0.1, 0.15) is 18.2 Å². The standard InChI is InChI=1S/C15H21NO4S/c1-15(2,3)20-13(17)12(10-21)16-14(18)19-9-11-7-5-4-6-8-11/h4-8,12,21H,9-10H2,1-3H3,(H,16,18). The average Bonchev–Trinajstić information content (AvgIpc) is 2.41. The van der Waals surface area contributed by atoms with E-state index < -0.39 is 23.7 Å². The molecule has 5 nitrogen and oxygen atoms in total. The smallest absolute Gasteiger partial charge is 0.408 e. The summed E-state index contributed by atoms with van der Waals surface area (Å²) in [5.41, 5.74) is 0.251. The first kappa shape index (κ1) is 17.4. The highest BCUT2D eigenvalue weighted by molar-refractivity contribution is 7.80. The van der Waals surface area contributed by atoms with E-state index in [1.165, 1.54) is 0 Å². The Morgan fingerprint density at radius 1 is 1.24 bits per heavy atom. The summed E-state index contributed by atoms with van der Waals surface area (Å²) in [7, 11) is 0. The number of nitrogens with one attached hydrogen (secondary N) is 1. The number of rotatable bonds is 5. The molecule has 0 fully saturated rings. The molecule has 0 saturated heterocycles. The van der Waals surface area contributed by atoms with Gasteiger partial charge < -0.3 is 14.8 Å². The molecule has 1 amide bonds. The fourth-order valence-corrected chi connectivity index (χ4v) is 1.70. The summed E-state index contributed by atoms with van der Waals surface area (Å²) >= 11 is 4.05. The molecule has 1 N–H and O–H groups in total. The van der Waals surface area contributed by atoms with Crippen LogP contribution in [0, 0.1) is 0 Å². The number of esters is 1. The van der Waals surface area contributed by atoms with E-state index in [4.69, 9.17) is 9.47 Å². The second-order valence-corrected chi connectivity index (χ2v) is 5.84. The van der Waals surface area contributed by atoms with Gasteiger partial charge in [-0.15, -0.1) is 0 Å². The summed E-state index contributed by atoms with van der Waals surface area (Å²) in [5, 5.41) is 2.45. The minimum atomic E-state index is -0.837. The molecule has 116 valence electrons. The van der Waals surface area contributed by atoms with Crippen LogP contribution in [0.5, 0.6) is 0 Å². The molecule has 0 aliphatic rings. The zero-order valence-electron chi connectivity index (χ0n) is 12.5. The van der Waals surface area contributed by atoms with Crippen molar-refractivity contribution in [2.24, 2.45) is 0 Å². The van der Waals surface area contributed by atoms with Gasteiger partial charge in [0.25, 0.3) is 0 Å². The van der Waals surface area contributed by atoms with Crippen LogP contribution in [0.2, 0.25) is 0 Å². The van der Waals surface area contributed by atoms with Crippen molar-refractivity contribution in [1.29, 1.82) is 0 Å². The molecule has 21 heavy (non-hydrogen) atoms. The van der Waals surface area contributed by atoms with Crippen molar-refractivity contribution < 1.29 is 19.1 Å². The third kappa shape index (κ3) is 7.04. The molecule has 0 bridgehead atoms. The molecule has 0 spiro atoms. The predicted octanol–water partition coefficient (Wildman–Crippen LogP) is 2.55. The number of carbonyl (C=O) groups is 2. The highest BCUT2D eigenvalue weighted by atomic mass is 32.1. The molecule has 6 heteroatoms. The van der Waals surface area contributed by atoms with Gasteiger partial charge in [-0.3, -0.25) is 0 Å². The SMILES string of the molecule is CC(C)(C)OC(=O)C(CS)NC(=O)OCc1ccccc1. The van der Waals surface area contributed by atoms with Gasteiger partial charge in [0, 0.05) is 5.75 Å². The molecule has 1 aromatic rings. The van der Waals surface area contributed by atoms with Crippen LogP contribution in [0.1, 0.15) is 26.3 Å². The van der Waals surface area contributed by atoms with E-state index in [0.29, 0.717) is 0 Å². The molecule has 1 unspecified atom stereocenters. The first-order valence-corrected chi connectivity index (χ1v) is 7.26. The molecule has 1 rings (SSSR count). The lowest BCUT2D eigenvalue weighted by Gasteiger charge is -2.23. The summed E-state index contributed by atoms with van der Waals surface area (Å²) < 4.78 is 10.2. The monoisotopic (exact) mass is 311 g/mol. The van der Waals surface area contributed by atoms with Gasteiger partial charge in [0.2, 0.25) is 0 Å². The Bertz CT molecular complexity index is 470. The van der Waals surface area contributed by atoms with Crippen LogP contribution >= 0.6 is 12.6 Å². The highest BCUT2D eigenvalue weighted by Crippen LogP contribution is 2.09. The first-order chi connectivity index (χ1) is 9.81. The molecular formula is C15H21NO4S. The predicted molar refractivity (Wildman–Crippen MR) is 83.2 cm³/mol. The van der Waals surface area contributed by atoms with Crippen molar-refractivity contribution in [3.8, 4) is 0 Å². The zero-order chi connectivity index (χ0) is 15.9. The third-order valence-electron chi connectivity index (χ3n) is 2.38. The summed E-state index contributed by atoms with van der Waals surface area (Å²) in [6, 6.07) is 8.44. The Morgan fingerprint density at radius 3 is 2.38 bits per heavy atom. The van der Waals surface area contributed by atoms with Crippen LogP contribution < -0.4 is 5.32 Å². The zero-order valence-corrected chi connectivity index (χ0v) is 13.4. The Morgan fingerprint density at radius 2 is 1.86 bits per heavy atom. The van der Waals surface area contributed by atoms with Crippen LogP contribution in [0.15, 0.2) is 30.3 Å². The van der Waals surface area contributed by atoms with E-state index in [1.807, 2.05) is 30.3 Å². The fourth-order valence-electron chi connectivity index (χ4n) is 1.46. The summed E-state index contributed by atoms with van der Waals surface area (Å²) in [6.07, 6.45) is -0.677. The summed E-state index contributed by atoms with van der Waals surface area (Å²) in [6.45, 7) is 5.41. The van der Waals surface area contributed by atoms with Gasteiger partial charge in [0.05, 0.1) is 0 Å². The maximum absolute atomic E-state index is 11.9. The van der Waals surface area contributed by atoms with Crippen molar-refractivity contribution in [2.45, 2.75) is 39.0 Å². The number of hydrogen-bond acceptors (Lipinski definition) is 5. The molecular weight excluding hydrogens is 290 g/mol. The van der Waals surface area contributed by atoms with Gasteiger partial charge in [0.15, 0.2) is 0 Å². The number of hydrogen-bond donors (Lipinski definition) is 2. The number of thiol groups is 1. The summed E-state index contributed by atoms with van der Waals surface area (Å²) in [5.74, 6) is -0.399. The maximum Gasteiger partial charge on any atom is 0.408 e. The van der Waals surface area contributed by atoms with Crippen LogP contribution in [-0.4, -0.2) is 29.5 Å². The van der Waals surface area contributed by atoms with E-state index in [2.05, 4.69) is 17.9 Å². The second-order valence-electron chi connectivity index (χ2n) is 5.47. The summed E-state index contributed by atoms with van der Waals surface area (Å²) in [4.78, 5) is 23.5. The Kier molecular flexibility index (Phi) is 6.55. The van der Waals surface area contributed by atoms with Gasteiger partial charge in [-0.05, 0) is 26.3 Å². The van der Waals surface area contributed by atoms with Crippen LogP contribution in [0.3, 0.4) is 0 Å². The molecule has 0 aromatic heterocycles. The normalized spacial score (nSPS) is 12.4. The van der Waals surface area contributed by atoms with Crippen molar-refractivity contribution >= 4 is 24.7 Å². The van der Waals surface area contributed by atoms with Gasteiger partial charge >= 0.3 is 12.1 Å². The quantitative estimate of drug-likeness (QED) is 0.648. The lowest BCUT2D eigenvalue weighted by Crippen LogP contribution is -2.45. The maximum atomic E-state index is 11.9. The molecule has 0 radical (unpaired) electrons. The highest BCUT2D eigenvalue weighted by Gasteiger charge is 2.26. The molecule has 0 aliphatic heterocycles. The number of benzene rings is 1. The van der Waals surface area contributed by atoms with Crippen LogP contribution in [0.25, 0.3) is 0 Å². The minimum absolute atomic E-state index is 0.134. The Balaban J connectivity index is 2.45. The Labute approximate surface area is 130 Å². The largest absolute Gasteiger partial charge is 0.458 e. The minimum Gasteiger partial charge on any atom is -0.458 e. The number of ether oxygens (including phenoxy) is 2. The van der Waals surface area contributed by atoms with Gasteiger partial charge in [-0.2, -0.15) is 12.6 Å². The molecule has 0 saturated carbocycles. The van der Waals surface area contributed by atoms with E-state index in [9.17, 15) is 9.59 Å². The van der Waals surface area contributed by atoms with Crippen molar-refractivity contribution in [3.05, 3.63) is 35.9 Å². The van der Waals surface area contributed by atoms with E-state index in [0.717, 1.165) is 5.56 Å². The average molecular weight is 311 g/mol. The second kappa shape index (κ2) is 7.93. The van der Waals surface area contributed by atoms with Crippen molar-refractivity contribution in [3.63, 3.8) is 0 Å². The van der Waals surface area contributed by atoms with Crippen molar-refractivity contribution in [2.75, 3.05) is 5.75 Å². The lowest BCUT2D eigenvalue weighted by molar-refractivity contribution is -0.156. The number of amides is 1. The number of carbonyl (C=O) groups excluding carboxylic acids is 2. The van der Waals surface area contributed by atoms with E-state index >= 15 is 0 Å². The van der Waals surface area contributed by atoms with Crippen LogP contribution in [0.4, 0.5) is 4.79 Å². The molecule has 1 atom stereocenters. The van der Waals surface area contributed by atoms with Crippen molar-refractivity contribution in [1.82, 2.24) is 5.32 Å². The number of alkyl carbamates (subject to hydrolysis) is 1. The Hall–Kier alpha value is -1.69. The third-order valence-corrected chi connectivity index (χ3v) is 2.74. The molecule has 0 heterocycles. The van der Waals surface area contributed by atoms with Crippen LogP contribution in [-0.2, 0) is 20.9 Å². The first-order valence-electron chi connectivity index (χ1n) is 6.63. The fraction of sp³-hybridized carbons (Fsp3) is 0.467. The lowest BCUT2D eigenvalue weighted by atomic mass is 10.2. The van der Waals surface area contributed by atoms with Gasteiger partial charge in [-0.1, -0.05) is 30.3 Å². The molecule has 1 aromatic carbocycles. The molecule has 0 aliphatic carbocycles. The van der Waals surface area contributed by atoms with Gasteiger partial charge in [-0.25, -0.2) is 9.59 Å². The topological polar surface area (TPSA) is 64.6 Å². The van der Waals surface area contributed by atoms with E-state index in [-0.39, 0.29) is 12.4 Å². The van der Waals surface area contributed by atoms with E-state index in [1.54, 1.807) is 20.8 Å².